The van der Waals surface area contributed by atoms with Gasteiger partial charge in [0, 0.05) is 26.5 Å². The molecule has 0 radical (unpaired) electrons. The SMILES string of the molecule is CC(=O)N[C@H]1[C@H]([C@H](O)[C@@H](CO)OC(C)=O)O[C@](OP(=O)(O)OC[C@H]2O[C@@H](n3ccc(N)nc3=O)[C@H](O)[C@@H]2O)(C(=O)O)C[C@@H]1O. The molecule has 0 bridgehead atoms. The molecular weight excluding hydrogens is 623 g/mol. The Balaban J connectivity index is 1.82. The van der Waals surface area contributed by atoms with Gasteiger partial charge in [-0.3, -0.25) is 18.7 Å². The second kappa shape index (κ2) is 13.9. The summed E-state index contributed by atoms with van der Waals surface area (Å²) >= 11 is 0. The van der Waals surface area contributed by atoms with Gasteiger partial charge in [0.15, 0.2) is 12.3 Å². The zero-order valence-corrected chi connectivity index (χ0v) is 24.0. The molecule has 3 heterocycles. The van der Waals surface area contributed by atoms with Crippen molar-refractivity contribution in [3.8, 4) is 0 Å². The van der Waals surface area contributed by atoms with Crippen molar-refractivity contribution >= 4 is 31.5 Å². The van der Waals surface area contributed by atoms with E-state index < -0.39 is 112 Å². The minimum Gasteiger partial charge on any atom is -0.477 e. The van der Waals surface area contributed by atoms with E-state index in [1.807, 2.05) is 0 Å². The van der Waals surface area contributed by atoms with Crippen LogP contribution in [0.5, 0.6) is 0 Å². The number of carboxylic acids is 1. The van der Waals surface area contributed by atoms with Crippen LogP contribution < -0.4 is 16.7 Å². The quantitative estimate of drug-likeness (QED) is 0.0753. The van der Waals surface area contributed by atoms with Gasteiger partial charge in [0.1, 0.15) is 36.3 Å². The average Bonchev–Trinajstić information content (AvgIpc) is 3.19. The van der Waals surface area contributed by atoms with Gasteiger partial charge in [-0.1, -0.05) is 0 Å². The van der Waals surface area contributed by atoms with Crippen molar-refractivity contribution in [1.29, 1.82) is 0 Å². The van der Waals surface area contributed by atoms with Crippen LogP contribution in [-0.2, 0) is 42.2 Å². The van der Waals surface area contributed by atoms with Crippen LogP contribution >= 0.6 is 7.82 Å². The van der Waals surface area contributed by atoms with E-state index in [-0.39, 0.29) is 5.82 Å². The number of rotatable bonds is 12. The zero-order valence-electron chi connectivity index (χ0n) is 23.1. The molecule has 1 amide bonds. The molecule has 0 aromatic carbocycles. The van der Waals surface area contributed by atoms with Crippen LogP contribution in [0.3, 0.4) is 0 Å². The highest BCUT2D eigenvalue weighted by Gasteiger charge is 2.59. The molecule has 2 aliphatic rings. The van der Waals surface area contributed by atoms with Crippen LogP contribution in [0, 0.1) is 0 Å². The molecule has 1 unspecified atom stereocenters. The molecule has 11 atom stereocenters. The molecule has 2 aliphatic heterocycles. The summed E-state index contributed by atoms with van der Waals surface area (Å²) in [6.45, 7) is -0.116. The molecule has 44 heavy (non-hydrogen) atoms. The lowest BCUT2D eigenvalue weighted by Gasteiger charge is -2.46. The number of carbonyl (C=O) groups is 3. The van der Waals surface area contributed by atoms with Crippen molar-refractivity contribution in [1.82, 2.24) is 14.9 Å². The number of aliphatic hydroxyl groups is 5. The second-order valence-corrected chi connectivity index (χ2v) is 11.3. The van der Waals surface area contributed by atoms with E-state index in [9.17, 15) is 59.3 Å². The third kappa shape index (κ3) is 7.95. The predicted octanol–water partition coefficient (Wildman–Crippen LogP) is -4.70. The summed E-state index contributed by atoms with van der Waals surface area (Å²) in [5, 5.41) is 64.0. The predicted molar refractivity (Wildman–Crippen MR) is 138 cm³/mol. The van der Waals surface area contributed by atoms with Gasteiger partial charge in [-0.25, -0.2) is 18.7 Å². The number of nitrogens with two attached hydrogens (primary N) is 1. The van der Waals surface area contributed by atoms with Crippen molar-refractivity contribution in [2.24, 2.45) is 0 Å². The number of hydrogen-bond donors (Lipinski definition) is 9. The van der Waals surface area contributed by atoms with Gasteiger partial charge >= 0.3 is 25.5 Å². The Morgan fingerprint density at radius 1 is 1.27 bits per heavy atom. The maximum absolute atomic E-state index is 12.9. The molecule has 1 aromatic heterocycles. The lowest BCUT2D eigenvalue weighted by Crippen LogP contribution is -2.67. The number of anilines is 1. The summed E-state index contributed by atoms with van der Waals surface area (Å²) in [5.41, 5.74) is 4.47. The first-order chi connectivity index (χ1) is 20.4. The number of aromatic nitrogens is 2. The van der Waals surface area contributed by atoms with E-state index in [1.54, 1.807) is 0 Å². The van der Waals surface area contributed by atoms with E-state index in [2.05, 4.69) is 10.3 Å². The number of phosphoric ester groups is 1. The standard InChI is InChI=1S/C22H33N4O17P/c1-8(28)24-14-10(30)5-22(20(34)35,42-18(14)16(32)11(6-27)40-9(2)29)43-44(37,38)39-7-12-15(31)17(33)19(41-12)26-4-3-13(23)25-21(26)36/h3-4,10-12,14-19,27,30-33H,5-7H2,1-2H3,(H,24,28)(H,34,35)(H,37,38)(H2,23,25,36)/t10-,11+,12+,14+,15+,16+,17+,18+,19+,22+/m0/s1. The number of nitrogens with zero attached hydrogens (tertiary/aromatic N) is 2. The summed E-state index contributed by atoms with van der Waals surface area (Å²) in [6, 6.07) is -0.405. The number of amides is 1. The molecule has 3 rings (SSSR count). The van der Waals surface area contributed by atoms with Crippen molar-refractivity contribution in [3.63, 3.8) is 0 Å². The summed E-state index contributed by atoms with van der Waals surface area (Å²) in [7, 11) is -5.56. The van der Waals surface area contributed by atoms with Crippen molar-refractivity contribution < 1.29 is 77.7 Å². The molecule has 21 nitrogen and oxygen atoms in total. The first-order valence-electron chi connectivity index (χ1n) is 12.8. The van der Waals surface area contributed by atoms with Gasteiger partial charge in [0.2, 0.25) is 5.91 Å². The lowest BCUT2D eigenvalue weighted by atomic mass is 9.88. The van der Waals surface area contributed by atoms with E-state index in [0.29, 0.717) is 0 Å². The van der Waals surface area contributed by atoms with E-state index in [4.69, 9.17) is 29.0 Å². The molecular formula is C22H33N4O17P. The highest BCUT2D eigenvalue weighted by atomic mass is 31.2. The number of ether oxygens (including phenoxy) is 3. The maximum Gasteiger partial charge on any atom is 0.475 e. The van der Waals surface area contributed by atoms with E-state index in [1.165, 1.54) is 6.07 Å². The third-order valence-electron chi connectivity index (χ3n) is 6.61. The van der Waals surface area contributed by atoms with Crippen molar-refractivity contribution in [3.05, 3.63) is 22.7 Å². The number of aliphatic carboxylic acids is 1. The molecule has 2 fully saturated rings. The molecule has 0 aliphatic carbocycles. The van der Waals surface area contributed by atoms with Gasteiger partial charge in [0.25, 0.3) is 5.79 Å². The first-order valence-corrected chi connectivity index (χ1v) is 14.3. The van der Waals surface area contributed by atoms with Crippen LogP contribution in [0.2, 0.25) is 0 Å². The zero-order chi connectivity index (χ0) is 33.1. The van der Waals surface area contributed by atoms with Crippen LogP contribution in [0.1, 0.15) is 26.5 Å². The minimum absolute atomic E-state index is 0.142. The van der Waals surface area contributed by atoms with Crippen LogP contribution in [-0.4, -0.2) is 131 Å². The molecule has 10 N–H and O–H groups in total. The average molecular weight is 656 g/mol. The highest BCUT2D eigenvalue weighted by Crippen LogP contribution is 2.51. The summed E-state index contributed by atoms with van der Waals surface area (Å²) in [6.07, 6.45) is -14.6. The van der Waals surface area contributed by atoms with E-state index >= 15 is 0 Å². The number of aliphatic hydroxyl groups excluding tert-OH is 5. The maximum atomic E-state index is 12.9. The Morgan fingerprint density at radius 2 is 1.93 bits per heavy atom. The lowest BCUT2D eigenvalue weighted by molar-refractivity contribution is -0.289. The fourth-order valence-corrected chi connectivity index (χ4v) is 5.59. The second-order valence-electron chi connectivity index (χ2n) is 9.90. The third-order valence-corrected chi connectivity index (χ3v) is 7.61. The van der Waals surface area contributed by atoms with Gasteiger partial charge in [-0.15, -0.1) is 0 Å². The Kier molecular flexibility index (Phi) is 11.2. The summed E-state index contributed by atoms with van der Waals surface area (Å²) in [4.78, 5) is 61.5. The Labute approximate surface area is 247 Å². The number of phosphoric acid groups is 1. The number of carboxylic acid groups (broad SMARTS) is 1. The molecule has 2 saturated heterocycles. The first kappa shape index (κ1) is 35.4. The molecule has 0 spiro atoms. The number of nitrogens with one attached hydrogen (secondary N) is 1. The van der Waals surface area contributed by atoms with Gasteiger partial charge in [-0.2, -0.15) is 4.98 Å². The Hall–Kier alpha value is -3.08. The fourth-order valence-electron chi connectivity index (χ4n) is 4.63. The Bertz CT molecular complexity index is 1330. The molecule has 248 valence electrons. The smallest absolute Gasteiger partial charge is 0.475 e. The number of nitrogen functional groups attached to an aromatic ring is 1. The number of carbonyl (C=O) groups excluding carboxylic acids is 2. The van der Waals surface area contributed by atoms with Crippen molar-refractivity contribution in [2.45, 2.75) is 81.1 Å². The molecule has 1 aromatic rings. The normalized spacial score (nSPS) is 33.1. The van der Waals surface area contributed by atoms with Crippen LogP contribution in [0.15, 0.2) is 17.1 Å². The van der Waals surface area contributed by atoms with Gasteiger partial charge < -0.3 is 60.8 Å². The Morgan fingerprint density at radius 3 is 2.48 bits per heavy atom. The molecule has 0 saturated carbocycles. The topological polar surface area (TPSA) is 329 Å². The van der Waals surface area contributed by atoms with Crippen LogP contribution in [0.4, 0.5) is 5.82 Å². The summed E-state index contributed by atoms with van der Waals surface area (Å²) < 4.78 is 38.8. The largest absolute Gasteiger partial charge is 0.477 e. The highest BCUT2D eigenvalue weighted by molar-refractivity contribution is 7.47. The minimum atomic E-state index is -5.56. The van der Waals surface area contributed by atoms with Crippen LogP contribution in [0.25, 0.3) is 0 Å². The number of esters is 1. The molecule has 22 heteroatoms. The van der Waals surface area contributed by atoms with Gasteiger partial charge in [0.05, 0.1) is 25.4 Å². The number of hydrogen-bond acceptors (Lipinski definition) is 17. The van der Waals surface area contributed by atoms with Gasteiger partial charge in [-0.05, 0) is 6.07 Å². The summed E-state index contributed by atoms with van der Waals surface area (Å²) in [5.74, 6) is -7.26. The van der Waals surface area contributed by atoms with E-state index in [0.717, 1.165) is 24.6 Å². The van der Waals surface area contributed by atoms with Crippen molar-refractivity contribution in [2.75, 3.05) is 18.9 Å². The monoisotopic (exact) mass is 656 g/mol. The fraction of sp³-hybridized carbons (Fsp3) is 0.682.